The summed E-state index contributed by atoms with van der Waals surface area (Å²) >= 11 is 1.81. The van der Waals surface area contributed by atoms with Crippen LogP contribution in [0, 0.1) is 0 Å². The van der Waals surface area contributed by atoms with E-state index in [9.17, 15) is 0 Å². The van der Waals surface area contributed by atoms with Gasteiger partial charge in [-0.05, 0) is 60.9 Å². The molecule has 2 rings (SSSR count). The number of hydrogen-bond donors (Lipinski definition) is 0. The standard InChI is InChI=1S/C19H32O2S/c1(3-5-7-11-18-13-16-22-17-18)2-4-6-9-14-20-19-12-8-10-15-21-19/h13,16-17,19H,1-12,14-15H2. The van der Waals surface area contributed by atoms with Gasteiger partial charge >= 0.3 is 0 Å². The van der Waals surface area contributed by atoms with Crippen LogP contribution in [0.15, 0.2) is 16.8 Å². The zero-order chi connectivity index (χ0) is 15.3. The number of thiophene rings is 1. The Balaban J connectivity index is 1.28. The van der Waals surface area contributed by atoms with Gasteiger partial charge in [-0.3, -0.25) is 0 Å². The summed E-state index contributed by atoms with van der Waals surface area (Å²) in [5, 5.41) is 4.46. The van der Waals surface area contributed by atoms with E-state index in [0.717, 1.165) is 19.6 Å². The zero-order valence-corrected chi connectivity index (χ0v) is 14.8. The summed E-state index contributed by atoms with van der Waals surface area (Å²) in [5.41, 5.74) is 1.52. The molecular formula is C19H32O2S. The molecule has 0 radical (unpaired) electrons. The summed E-state index contributed by atoms with van der Waals surface area (Å²) in [6.07, 6.45) is 15.7. The molecule has 1 aromatic heterocycles. The molecule has 1 unspecified atom stereocenters. The Hall–Kier alpha value is -0.380. The first-order valence-electron chi connectivity index (χ1n) is 9.19. The maximum atomic E-state index is 5.76. The average molecular weight is 325 g/mol. The molecule has 0 amide bonds. The smallest absolute Gasteiger partial charge is 0.157 e. The van der Waals surface area contributed by atoms with E-state index in [2.05, 4.69) is 16.8 Å². The molecule has 0 aliphatic carbocycles. The van der Waals surface area contributed by atoms with Gasteiger partial charge in [-0.25, -0.2) is 0 Å². The summed E-state index contributed by atoms with van der Waals surface area (Å²) < 4.78 is 11.3. The predicted molar refractivity (Wildman–Crippen MR) is 94.5 cm³/mol. The van der Waals surface area contributed by atoms with Crippen LogP contribution in [0.5, 0.6) is 0 Å². The van der Waals surface area contributed by atoms with Crippen LogP contribution < -0.4 is 0 Å². The van der Waals surface area contributed by atoms with Crippen molar-refractivity contribution in [2.24, 2.45) is 0 Å². The number of ether oxygens (including phenoxy) is 2. The summed E-state index contributed by atoms with van der Waals surface area (Å²) in [7, 11) is 0. The lowest BCUT2D eigenvalue weighted by molar-refractivity contribution is -0.162. The molecule has 1 aliphatic rings. The highest BCUT2D eigenvalue weighted by Crippen LogP contribution is 2.15. The molecule has 1 aliphatic heterocycles. The fourth-order valence-electron chi connectivity index (χ4n) is 2.98. The number of hydrogen-bond acceptors (Lipinski definition) is 3. The van der Waals surface area contributed by atoms with Gasteiger partial charge in [0.05, 0.1) is 0 Å². The second-order valence-electron chi connectivity index (χ2n) is 6.38. The lowest BCUT2D eigenvalue weighted by atomic mass is 10.1. The van der Waals surface area contributed by atoms with E-state index in [4.69, 9.17) is 9.47 Å². The Morgan fingerprint density at radius 3 is 2.45 bits per heavy atom. The Bertz CT molecular complexity index is 344. The number of aryl methyl sites for hydroxylation is 1. The first kappa shape index (κ1) is 18.0. The van der Waals surface area contributed by atoms with Crippen molar-refractivity contribution >= 4 is 11.3 Å². The van der Waals surface area contributed by atoms with Crippen molar-refractivity contribution in [2.75, 3.05) is 13.2 Å². The summed E-state index contributed by atoms with van der Waals surface area (Å²) in [5.74, 6) is 0. The average Bonchev–Trinajstić information content (AvgIpc) is 3.07. The Morgan fingerprint density at radius 1 is 1.00 bits per heavy atom. The molecule has 0 saturated carbocycles. The molecule has 1 aromatic rings. The molecule has 0 spiro atoms. The quantitative estimate of drug-likeness (QED) is 0.442. The van der Waals surface area contributed by atoms with Gasteiger partial charge in [0, 0.05) is 13.2 Å². The van der Waals surface area contributed by atoms with Crippen molar-refractivity contribution in [1.82, 2.24) is 0 Å². The molecule has 2 nitrogen and oxygen atoms in total. The van der Waals surface area contributed by atoms with Gasteiger partial charge in [0.15, 0.2) is 6.29 Å². The first-order chi connectivity index (χ1) is 10.9. The van der Waals surface area contributed by atoms with E-state index in [0.29, 0.717) is 0 Å². The minimum absolute atomic E-state index is 0.0944. The summed E-state index contributed by atoms with van der Waals surface area (Å²) in [6, 6.07) is 2.26. The molecule has 1 saturated heterocycles. The van der Waals surface area contributed by atoms with Gasteiger partial charge in [-0.2, -0.15) is 11.3 Å². The monoisotopic (exact) mass is 324 g/mol. The number of rotatable bonds is 12. The van der Waals surface area contributed by atoms with Crippen LogP contribution in [-0.4, -0.2) is 19.5 Å². The largest absolute Gasteiger partial charge is 0.353 e. The topological polar surface area (TPSA) is 18.5 Å². The van der Waals surface area contributed by atoms with Crippen LogP contribution in [-0.2, 0) is 15.9 Å². The normalized spacial score (nSPS) is 18.6. The van der Waals surface area contributed by atoms with Crippen molar-refractivity contribution in [3.8, 4) is 0 Å². The van der Waals surface area contributed by atoms with Gasteiger partial charge in [0.1, 0.15) is 0 Å². The first-order valence-corrected chi connectivity index (χ1v) is 10.1. The van der Waals surface area contributed by atoms with Crippen LogP contribution in [0.4, 0.5) is 0 Å². The van der Waals surface area contributed by atoms with E-state index in [-0.39, 0.29) is 6.29 Å². The maximum Gasteiger partial charge on any atom is 0.157 e. The van der Waals surface area contributed by atoms with Gasteiger partial charge in [-0.15, -0.1) is 0 Å². The molecule has 22 heavy (non-hydrogen) atoms. The highest BCUT2D eigenvalue weighted by atomic mass is 32.1. The SMILES string of the molecule is c1cc(CCCCCCCCCCOC2CCCCO2)cs1. The highest BCUT2D eigenvalue weighted by Gasteiger charge is 2.13. The van der Waals surface area contributed by atoms with E-state index in [1.54, 1.807) is 0 Å². The molecule has 0 N–H and O–H groups in total. The van der Waals surface area contributed by atoms with Gasteiger partial charge in [0.2, 0.25) is 0 Å². The van der Waals surface area contributed by atoms with E-state index in [1.807, 2.05) is 11.3 Å². The van der Waals surface area contributed by atoms with Gasteiger partial charge in [0.25, 0.3) is 0 Å². The predicted octanol–water partition coefficient (Wildman–Crippen LogP) is 5.95. The van der Waals surface area contributed by atoms with Crippen molar-refractivity contribution < 1.29 is 9.47 Å². The minimum Gasteiger partial charge on any atom is -0.353 e. The molecule has 1 atom stereocenters. The lowest BCUT2D eigenvalue weighted by Crippen LogP contribution is -2.22. The van der Waals surface area contributed by atoms with Crippen LogP contribution in [0.2, 0.25) is 0 Å². The minimum atomic E-state index is 0.0944. The summed E-state index contributed by atoms with van der Waals surface area (Å²) in [6.45, 7) is 1.77. The third-order valence-corrected chi connectivity index (χ3v) is 5.11. The van der Waals surface area contributed by atoms with Crippen molar-refractivity contribution in [3.05, 3.63) is 22.4 Å². The lowest BCUT2D eigenvalue weighted by Gasteiger charge is -2.22. The van der Waals surface area contributed by atoms with E-state index < -0.39 is 0 Å². The maximum absolute atomic E-state index is 5.76. The van der Waals surface area contributed by atoms with Crippen molar-refractivity contribution in [2.45, 2.75) is 83.3 Å². The van der Waals surface area contributed by atoms with Crippen LogP contribution in [0.25, 0.3) is 0 Å². The number of unbranched alkanes of at least 4 members (excludes halogenated alkanes) is 7. The molecule has 3 heteroatoms. The van der Waals surface area contributed by atoms with Crippen LogP contribution >= 0.6 is 11.3 Å². The fourth-order valence-corrected chi connectivity index (χ4v) is 3.69. The molecule has 0 aromatic carbocycles. The third kappa shape index (κ3) is 8.30. The Morgan fingerprint density at radius 2 is 1.77 bits per heavy atom. The molecule has 2 heterocycles. The second kappa shape index (κ2) is 12.1. The van der Waals surface area contributed by atoms with Gasteiger partial charge < -0.3 is 9.47 Å². The Labute approximate surface area is 140 Å². The highest BCUT2D eigenvalue weighted by molar-refractivity contribution is 7.07. The van der Waals surface area contributed by atoms with Crippen molar-refractivity contribution in [3.63, 3.8) is 0 Å². The van der Waals surface area contributed by atoms with E-state index >= 15 is 0 Å². The zero-order valence-electron chi connectivity index (χ0n) is 13.9. The van der Waals surface area contributed by atoms with Gasteiger partial charge in [-0.1, -0.05) is 38.5 Å². The molecule has 1 fully saturated rings. The Kier molecular flexibility index (Phi) is 9.88. The van der Waals surface area contributed by atoms with Crippen LogP contribution in [0.3, 0.4) is 0 Å². The van der Waals surface area contributed by atoms with Crippen molar-refractivity contribution in [1.29, 1.82) is 0 Å². The second-order valence-corrected chi connectivity index (χ2v) is 7.16. The molecule has 126 valence electrons. The van der Waals surface area contributed by atoms with Crippen LogP contribution in [0.1, 0.15) is 76.2 Å². The fraction of sp³-hybridized carbons (Fsp3) is 0.789. The summed E-state index contributed by atoms with van der Waals surface area (Å²) in [4.78, 5) is 0. The molecule has 0 bridgehead atoms. The third-order valence-electron chi connectivity index (χ3n) is 4.38. The molecular weight excluding hydrogens is 292 g/mol. The van der Waals surface area contributed by atoms with E-state index in [1.165, 1.54) is 76.2 Å².